The molecule has 10 heteroatoms. The standard InChI is InChI=1S/C15H17F5N2O2S/c16-13(17)8-25-12-2-1-9(15(18,19)20)5-11(12)22-14(23)6-10-7-24-4-3-21-10/h1-2,5,10,13,21H,3-4,6-8H2,(H,22,23). The molecule has 0 aliphatic carbocycles. The van der Waals surface area contributed by atoms with E-state index in [2.05, 4.69) is 10.6 Å². The van der Waals surface area contributed by atoms with Gasteiger partial charge in [0.1, 0.15) is 0 Å². The van der Waals surface area contributed by atoms with Crippen LogP contribution in [0.25, 0.3) is 0 Å². The molecule has 0 radical (unpaired) electrons. The van der Waals surface area contributed by atoms with Crippen molar-refractivity contribution in [3.63, 3.8) is 0 Å². The van der Waals surface area contributed by atoms with E-state index in [1.54, 1.807) is 0 Å². The highest BCUT2D eigenvalue weighted by Gasteiger charge is 2.31. The zero-order valence-electron chi connectivity index (χ0n) is 13.0. The molecule has 1 heterocycles. The lowest BCUT2D eigenvalue weighted by Gasteiger charge is -2.23. The number of anilines is 1. The first-order valence-corrected chi connectivity index (χ1v) is 8.47. The van der Waals surface area contributed by atoms with E-state index in [-0.39, 0.29) is 23.0 Å². The van der Waals surface area contributed by atoms with Gasteiger partial charge in [0.15, 0.2) is 0 Å². The van der Waals surface area contributed by atoms with Crippen LogP contribution in [-0.4, -0.2) is 43.9 Å². The number of morpholine rings is 1. The van der Waals surface area contributed by atoms with E-state index >= 15 is 0 Å². The van der Waals surface area contributed by atoms with Crippen molar-refractivity contribution >= 4 is 23.4 Å². The fourth-order valence-electron chi connectivity index (χ4n) is 2.26. The molecule has 1 amide bonds. The van der Waals surface area contributed by atoms with Gasteiger partial charge in [0.25, 0.3) is 0 Å². The van der Waals surface area contributed by atoms with Crippen LogP contribution in [0.1, 0.15) is 12.0 Å². The lowest BCUT2D eigenvalue weighted by molar-refractivity contribution is -0.137. The monoisotopic (exact) mass is 384 g/mol. The third kappa shape index (κ3) is 6.44. The molecule has 0 aromatic heterocycles. The summed E-state index contributed by atoms with van der Waals surface area (Å²) in [5.41, 5.74) is -1.08. The Labute approximate surface area is 145 Å². The molecule has 1 aliphatic heterocycles. The van der Waals surface area contributed by atoms with Crippen molar-refractivity contribution in [2.45, 2.75) is 30.0 Å². The van der Waals surface area contributed by atoms with E-state index in [1.807, 2.05) is 0 Å². The summed E-state index contributed by atoms with van der Waals surface area (Å²) in [4.78, 5) is 12.2. The summed E-state index contributed by atoms with van der Waals surface area (Å²) < 4.78 is 68.5. The summed E-state index contributed by atoms with van der Waals surface area (Å²) in [7, 11) is 0. The first-order valence-electron chi connectivity index (χ1n) is 7.49. The number of ether oxygens (including phenoxy) is 1. The third-order valence-electron chi connectivity index (χ3n) is 3.38. The lowest BCUT2D eigenvalue weighted by Crippen LogP contribution is -2.43. The van der Waals surface area contributed by atoms with Crippen LogP contribution < -0.4 is 10.6 Å². The number of benzene rings is 1. The molecule has 1 fully saturated rings. The number of hydrogen-bond donors (Lipinski definition) is 2. The van der Waals surface area contributed by atoms with Crippen LogP contribution >= 0.6 is 11.8 Å². The number of thioether (sulfide) groups is 1. The van der Waals surface area contributed by atoms with Crippen molar-refractivity contribution in [1.82, 2.24) is 5.32 Å². The second-order valence-electron chi connectivity index (χ2n) is 5.39. The van der Waals surface area contributed by atoms with Crippen LogP contribution in [0.3, 0.4) is 0 Å². The molecule has 0 bridgehead atoms. The Morgan fingerprint density at radius 1 is 1.40 bits per heavy atom. The molecule has 2 N–H and O–H groups in total. The smallest absolute Gasteiger partial charge is 0.378 e. The fourth-order valence-corrected chi connectivity index (χ4v) is 2.99. The van der Waals surface area contributed by atoms with Gasteiger partial charge < -0.3 is 15.4 Å². The van der Waals surface area contributed by atoms with Crippen LogP contribution in [0.4, 0.5) is 27.6 Å². The number of alkyl halides is 5. The Kier molecular flexibility index (Phi) is 7.03. The largest absolute Gasteiger partial charge is 0.416 e. The summed E-state index contributed by atoms with van der Waals surface area (Å²) >= 11 is 0.690. The average molecular weight is 384 g/mol. The van der Waals surface area contributed by atoms with Gasteiger partial charge in [-0.15, -0.1) is 11.8 Å². The van der Waals surface area contributed by atoms with Gasteiger partial charge in [-0.25, -0.2) is 8.78 Å². The first kappa shape index (κ1) is 19.9. The van der Waals surface area contributed by atoms with Crippen LogP contribution in [-0.2, 0) is 15.7 Å². The molecule has 1 aromatic rings. The lowest BCUT2D eigenvalue weighted by atomic mass is 10.1. The van der Waals surface area contributed by atoms with E-state index < -0.39 is 29.8 Å². The van der Waals surface area contributed by atoms with E-state index in [1.165, 1.54) is 0 Å². The zero-order valence-corrected chi connectivity index (χ0v) is 13.9. The van der Waals surface area contributed by atoms with Crippen molar-refractivity contribution in [3.05, 3.63) is 23.8 Å². The predicted molar refractivity (Wildman–Crippen MR) is 84.0 cm³/mol. The van der Waals surface area contributed by atoms with Crippen LogP contribution in [0.15, 0.2) is 23.1 Å². The summed E-state index contributed by atoms with van der Waals surface area (Å²) in [5, 5.41) is 5.45. The minimum Gasteiger partial charge on any atom is -0.378 e. The second-order valence-corrected chi connectivity index (χ2v) is 6.45. The number of carbonyl (C=O) groups excluding carboxylic acids is 1. The molecule has 25 heavy (non-hydrogen) atoms. The molecular weight excluding hydrogens is 367 g/mol. The molecule has 1 aliphatic rings. The molecule has 1 saturated heterocycles. The normalized spacial score (nSPS) is 18.4. The molecule has 2 rings (SSSR count). The summed E-state index contributed by atoms with van der Waals surface area (Å²) in [6.07, 6.45) is -7.20. The highest BCUT2D eigenvalue weighted by molar-refractivity contribution is 7.99. The van der Waals surface area contributed by atoms with Crippen LogP contribution in [0, 0.1) is 0 Å². The molecule has 1 aromatic carbocycles. The summed E-state index contributed by atoms with van der Waals surface area (Å²) in [5.74, 6) is -1.09. The number of nitrogens with one attached hydrogen (secondary N) is 2. The molecule has 1 atom stereocenters. The second kappa shape index (κ2) is 8.81. The average Bonchev–Trinajstić information content (AvgIpc) is 2.53. The highest BCUT2D eigenvalue weighted by atomic mass is 32.2. The van der Waals surface area contributed by atoms with Crippen LogP contribution in [0.5, 0.6) is 0 Å². The van der Waals surface area contributed by atoms with Crippen molar-refractivity contribution in [2.75, 3.05) is 30.8 Å². The van der Waals surface area contributed by atoms with Gasteiger partial charge in [-0.3, -0.25) is 4.79 Å². The number of rotatable bonds is 6. The summed E-state index contributed by atoms with van der Waals surface area (Å²) in [6, 6.07) is 2.42. The summed E-state index contributed by atoms with van der Waals surface area (Å²) in [6.45, 7) is 1.43. The molecule has 4 nitrogen and oxygen atoms in total. The van der Waals surface area contributed by atoms with E-state index in [0.29, 0.717) is 31.5 Å². The maximum Gasteiger partial charge on any atom is 0.416 e. The van der Waals surface area contributed by atoms with Crippen molar-refractivity contribution in [3.8, 4) is 0 Å². The minimum absolute atomic E-state index is 0.00913. The Balaban J connectivity index is 2.11. The molecule has 140 valence electrons. The molecular formula is C15H17F5N2O2S. The van der Waals surface area contributed by atoms with E-state index in [9.17, 15) is 26.7 Å². The molecule has 0 spiro atoms. The van der Waals surface area contributed by atoms with Crippen molar-refractivity contribution in [1.29, 1.82) is 0 Å². The predicted octanol–water partition coefficient (Wildman–Crippen LogP) is 3.38. The van der Waals surface area contributed by atoms with Gasteiger partial charge in [-0.05, 0) is 18.2 Å². The zero-order chi connectivity index (χ0) is 18.4. The van der Waals surface area contributed by atoms with E-state index in [4.69, 9.17) is 4.74 Å². The van der Waals surface area contributed by atoms with Gasteiger partial charge in [0.2, 0.25) is 12.3 Å². The maximum atomic E-state index is 12.9. The number of hydrogen-bond acceptors (Lipinski definition) is 4. The van der Waals surface area contributed by atoms with Crippen LogP contribution in [0.2, 0.25) is 0 Å². The number of amides is 1. The first-order chi connectivity index (χ1) is 11.8. The van der Waals surface area contributed by atoms with Gasteiger partial charge in [-0.1, -0.05) is 0 Å². The van der Waals surface area contributed by atoms with Gasteiger partial charge in [0, 0.05) is 23.9 Å². The quantitative estimate of drug-likeness (QED) is 0.583. The molecule has 0 saturated carbocycles. The number of carbonyl (C=O) groups is 1. The van der Waals surface area contributed by atoms with Gasteiger partial charge in [-0.2, -0.15) is 13.2 Å². The van der Waals surface area contributed by atoms with Gasteiger partial charge in [0.05, 0.1) is 30.2 Å². The number of halogens is 5. The SMILES string of the molecule is O=C(CC1COCCN1)Nc1cc(C(F)(F)F)ccc1SCC(F)F. The highest BCUT2D eigenvalue weighted by Crippen LogP contribution is 2.36. The minimum atomic E-state index is -4.59. The Hall–Kier alpha value is -1.39. The Morgan fingerprint density at radius 2 is 2.16 bits per heavy atom. The fraction of sp³-hybridized carbons (Fsp3) is 0.533. The Morgan fingerprint density at radius 3 is 2.76 bits per heavy atom. The Bertz CT molecular complexity index is 592. The maximum absolute atomic E-state index is 12.9. The van der Waals surface area contributed by atoms with Crippen molar-refractivity contribution in [2.24, 2.45) is 0 Å². The van der Waals surface area contributed by atoms with Crippen molar-refractivity contribution < 1.29 is 31.5 Å². The third-order valence-corrected chi connectivity index (χ3v) is 4.46. The molecule has 1 unspecified atom stereocenters. The van der Waals surface area contributed by atoms with Gasteiger partial charge >= 0.3 is 6.18 Å². The van der Waals surface area contributed by atoms with E-state index in [0.717, 1.165) is 18.2 Å². The topological polar surface area (TPSA) is 50.4 Å².